The van der Waals surface area contributed by atoms with Crippen molar-refractivity contribution in [2.75, 3.05) is 38.2 Å². The van der Waals surface area contributed by atoms with E-state index >= 15 is 0 Å². The number of halogens is 1. The predicted molar refractivity (Wildman–Crippen MR) is 67.0 cm³/mol. The first-order chi connectivity index (χ1) is 9.20. The lowest BCUT2D eigenvalue weighted by atomic mass is 10.2. The second kappa shape index (κ2) is 6.16. The highest BCUT2D eigenvalue weighted by atomic mass is 19.1. The standard InChI is InChI=1S/C13H14FN3O2/c14-11-1-2-12(10(7-11)8-15)16-9-13(18)17-3-5-19-6-4-17/h1-2,7,16H,3-6,9H2. The largest absolute Gasteiger partial charge is 0.378 e. The second-order valence-electron chi connectivity index (χ2n) is 4.15. The smallest absolute Gasteiger partial charge is 0.242 e. The minimum Gasteiger partial charge on any atom is -0.378 e. The number of ether oxygens (including phenoxy) is 1. The van der Waals surface area contributed by atoms with Crippen LogP contribution in [-0.2, 0) is 9.53 Å². The van der Waals surface area contributed by atoms with Crippen LogP contribution in [-0.4, -0.2) is 43.7 Å². The van der Waals surface area contributed by atoms with Crippen LogP contribution in [0.3, 0.4) is 0 Å². The molecule has 6 heteroatoms. The Hall–Kier alpha value is -2.13. The lowest BCUT2D eigenvalue weighted by Gasteiger charge is -2.27. The van der Waals surface area contributed by atoms with Crippen molar-refractivity contribution in [3.8, 4) is 6.07 Å². The van der Waals surface area contributed by atoms with Crippen molar-refractivity contribution >= 4 is 11.6 Å². The number of carbonyl (C=O) groups is 1. The monoisotopic (exact) mass is 263 g/mol. The molecule has 0 unspecified atom stereocenters. The van der Waals surface area contributed by atoms with Crippen LogP contribution >= 0.6 is 0 Å². The Bertz CT molecular complexity index is 507. The molecule has 1 saturated heterocycles. The zero-order valence-electron chi connectivity index (χ0n) is 10.4. The number of nitriles is 1. The molecule has 1 N–H and O–H groups in total. The molecule has 0 spiro atoms. The molecule has 5 nitrogen and oxygen atoms in total. The summed E-state index contributed by atoms with van der Waals surface area (Å²) >= 11 is 0. The molecule has 1 amide bonds. The second-order valence-corrected chi connectivity index (χ2v) is 4.15. The number of benzene rings is 1. The Morgan fingerprint density at radius 1 is 1.47 bits per heavy atom. The summed E-state index contributed by atoms with van der Waals surface area (Å²) in [6.07, 6.45) is 0. The SMILES string of the molecule is N#Cc1cc(F)ccc1NCC(=O)N1CCOCC1. The molecule has 0 radical (unpaired) electrons. The van der Waals surface area contributed by atoms with Crippen LogP contribution < -0.4 is 5.32 Å². The summed E-state index contributed by atoms with van der Waals surface area (Å²) in [7, 11) is 0. The summed E-state index contributed by atoms with van der Waals surface area (Å²) in [4.78, 5) is 13.6. The highest BCUT2D eigenvalue weighted by molar-refractivity contribution is 5.81. The third kappa shape index (κ3) is 3.42. The van der Waals surface area contributed by atoms with Gasteiger partial charge in [0.05, 0.1) is 31.0 Å². The summed E-state index contributed by atoms with van der Waals surface area (Å²) in [6, 6.07) is 5.74. The molecule has 0 aliphatic carbocycles. The number of rotatable bonds is 3. The fraction of sp³-hybridized carbons (Fsp3) is 0.385. The van der Waals surface area contributed by atoms with E-state index < -0.39 is 5.82 Å². The molecule has 19 heavy (non-hydrogen) atoms. The third-order valence-electron chi connectivity index (χ3n) is 2.90. The number of nitrogens with one attached hydrogen (secondary N) is 1. The number of carbonyl (C=O) groups excluding carboxylic acids is 1. The maximum absolute atomic E-state index is 13.0. The van der Waals surface area contributed by atoms with Crippen molar-refractivity contribution < 1.29 is 13.9 Å². The Morgan fingerprint density at radius 2 is 2.21 bits per heavy atom. The van der Waals surface area contributed by atoms with Crippen molar-refractivity contribution in [2.45, 2.75) is 0 Å². The Kier molecular flexibility index (Phi) is 4.31. The van der Waals surface area contributed by atoms with E-state index in [1.165, 1.54) is 12.1 Å². The van der Waals surface area contributed by atoms with Crippen LogP contribution in [0.5, 0.6) is 0 Å². The molecular formula is C13H14FN3O2. The zero-order chi connectivity index (χ0) is 13.7. The maximum Gasteiger partial charge on any atom is 0.242 e. The third-order valence-corrected chi connectivity index (χ3v) is 2.90. The number of hydrogen-bond donors (Lipinski definition) is 1. The topological polar surface area (TPSA) is 65.4 Å². The van der Waals surface area contributed by atoms with Gasteiger partial charge < -0.3 is 15.0 Å². The summed E-state index contributed by atoms with van der Waals surface area (Å²) in [6.45, 7) is 2.34. The van der Waals surface area contributed by atoms with Gasteiger partial charge in [0, 0.05) is 13.1 Å². The van der Waals surface area contributed by atoms with Gasteiger partial charge in [-0.05, 0) is 18.2 Å². The van der Waals surface area contributed by atoms with Gasteiger partial charge in [0.2, 0.25) is 5.91 Å². The van der Waals surface area contributed by atoms with Gasteiger partial charge >= 0.3 is 0 Å². The molecule has 1 heterocycles. The molecular weight excluding hydrogens is 249 g/mol. The van der Waals surface area contributed by atoms with E-state index in [1.807, 2.05) is 6.07 Å². The summed E-state index contributed by atoms with van der Waals surface area (Å²) < 4.78 is 18.1. The van der Waals surface area contributed by atoms with Crippen molar-refractivity contribution in [3.05, 3.63) is 29.6 Å². The summed E-state index contributed by atoms with van der Waals surface area (Å²) in [5.74, 6) is -0.530. The number of nitrogens with zero attached hydrogens (tertiary/aromatic N) is 2. The average Bonchev–Trinajstić information content (AvgIpc) is 2.46. The normalized spacial score (nSPS) is 14.8. The predicted octanol–water partition coefficient (Wildman–Crippen LogP) is 0.968. The van der Waals surface area contributed by atoms with Crippen LogP contribution in [0.2, 0.25) is 0 Å². The fourth-order valence-electron chi connectivity index (χ4n) is 1.86. The van der Waals surface area contributed by atoms with E-state index in [1.54, 1.807) is 4.90 Å². The van der Waals surface area contributed by atoms with E-state index in [0.29, 0.717) is 32.0 Å². The zero-order valence-corrected chi connectivity index (χ0v) is 10.4. The molecule has 1 fully saturated rings. The van der Waals surface area contributed by atoms with Crippen LogP contribution in [0, 0.1) is 17.1 Å². The molecule has 0 saturated carbocycles. The lowest BCUT2D eigenvalue weighted by molar-refractivity contribution is -0.133. The van der Waals surface area contributed by atoms with Gasteiger partial charge in [-0.15, -0.1) is 0 Å². The first-order valence-corrected chi connectivity index (χ1v) is 6.00. The summed E-state index contributed by atoms with van der Waals surface area (Å²) in [5.41, 5.74) is 0.653. The molecule has 0 bridgehead atoms. The molecule has 0 atom stereocenters. The van der Waals surface area contributed by atoms with E-state index in [2.05, 4.69) is 5.32 Å². The summed E-state index contributed by atoms with van der Waals surface area (Å²) in [5, 5.41) is 11.8. The van der Waals surface area contributed by atoms with Crippen LogP contribution in [0.25, 0.3) is 0 Å². The van der Waals surface area contributed by atoms with Crippen molar-refractivity contribution in [2.24, 2.45) is 0 Å². The number of amides is 1. The van der Waals surface area contributed by atoms with Crippen LogP contribution in [0.4, 0.5) is 10.1 Å². The fourth-order valence-corrected chi connectivity index (χ4v) is 1.86. The van der Waals surface area contributed by atoms with E-state index in [-0.39, 0.29) is 18.0 Å². The molecule has 1 aromatic rings. The Morgan fingerprint density at radius 3 is 2.89 bits per heavy atom. The number of anilines is 1. The molecule has 2 rings (SSSR count). The first-order valence-electron chi connectivity index (χ1n) is 6.00. The van der Waals surface area contributed by atoms with Crippen molar-refractivity contribution in [1.29, 1.82) is 5.26 Å². The van der Waals surface area contributed by atoms with E-state index in [4.69, 9.17) is 10.00 Å². The van der Waals surface area contributed by atoms with Crippen LogP contribution in [0.15, 0.2) is 18.2 Å². The van der Waals surface area contributed by atoms with Gasteiger partial charge in [-0.1, -0.05) is 0 Å². The van der Waals surface area contributed by atoms with Gasteiger partial charge in [0.15, 0.2) is 0 Å². The Labute approximate surface area is 110 Å². The molecule has 1 aliphatic rings. The number of morpholine rings is 1. The van der Waals surface area contributed by atoms with E-state index in [9.17, 15) is 9.18 Å². The molecule has 1 aromatic carbocycles. The Balaban J connectivity index is 1.95. The lowest BCUT2D eigenvalue weighted by Crippen LogP contribution is -2.43. The highest BCUT2D eigenvalue weighted by Crippen LogP contribution is 2.15. The van der Waals surface area contributed by atoms with E-state index in [0.717, 1.165) is 6.07 Å². The quantitative estimate of drug-likeness (QED) is 0.882. The maximum atomic E-state index is 13.0. The molecule has 1 aliphatic heterocycles. The van der Waals surface area contributed by atoms with Gasteiger partial charge in [0.1, 0.15) is 11.9 Å². The van der Waals surface area contributed by atoms with Crippen LogP contribution in [0.1, 0.15) is 5.56 Å². The van der Waals surface area contributed by atoms with Crippen molar-refractivity contribution in [3.63, 3.8) is 0 Å². The first kappa shape index (κ1) is 13.3. The molecule has 0 aromatic heterocycles. The minimum absolute atomic E-state index is 0.0588. The minimum atomic E-state index is -0.471. The van der Waals surface area contributed by atoms with Gasteiger partial charge in [-0.3, -0.25) is 4.79 Å². The number of hydrogen-bond acceptors (Lipinski definition) is 4. The van der Waals surface area contributed by atoms with Crippen molar-refractivity contribution in [1.82, 2.24) is 4.90 Å². The van der Waals surface area contributed by atoms with Gasteiger partial charge in [-0.25, -0.2) is 4.39 Å². The molecule has 100 valence electrons. The average molecular weight is 263 g/mol. The van der Waals surface area contributed by atoms with Gasteiger partial charge in [0.25, 0.3) is 0 Å². The highest BCUT2D eigenvalue weighted by Gasteiger charge is 2.16. The van der Waals surface area contributed by atoms with Gasteiger partial charge in [-0.2, -0.15) is 5.26 Å².